The molecule has 2 N–H and O–H groups in total. The van der Waals surface area contributed by atoms with Crippen molar-refractivity contribution < 1.29 is 9.90 Å². The minimum atomic E-state index is -0.435. The van der Waals surface area contributed by atoms with Crippen LogP contribution in [0.3, 0.4) is 0 Å². The lowest BCUT2D eigenvalue weighted by molar-refractivity contribution is 0.0821. The van der Waals surface area contributed by atoms with Crippen LogP contribution in [0.5, 0.6) is 0 Å². The summed E-state index contributed by atoms with van der Waals surface area (Å²) in [5, 5.41) is 17.0. The molecule has 1 saturated carbocycles. The highest BCUT2D eigenvalue weighted by Crippen LogP contribution is 2.22. The summed E-state index contributed by atoms with van der Waals surface area (Å²) in [7, 11) is 0. The summed E-state index contributed by atoms with van der Waals surface area (Å²) in [5.74, 6) is 0.0307. The van der Waals surface area contributed by atoms with Crippen molar-refractivity contribution in [2.75, 3.05) is 0 Å². The molecule has 0 spiro atoms. The van der Waals surface area contributed by atoms with Gasteiger partial charge in [0.2, 0.25) is 0 Å². The van der Waals surface area contributed by atoms with Crippen LogP contribution in [0, 0.1) is 0 Å². The molecule has 2 atom stereocenters. The summed E-state index contributed by atoms with van der Waals surface area (Å²) in [6, 6.07) is -0.142. The van der Waals surface area contributed by atoms with Gasteiger partial charge in [0.1, 0.15) is 4.88 Å². The van der Waals surface area contributed by atoms with Gasteiger partial charge in [-0.15, -0.1) is 5.10 Å². The van der Waals surface area contributed by atoms with E-state index in [1.54, 1.807) is 0 Å². The molecule has 1 amide bonds. The number of carbonyl (C=O) groups is 1. The van der Waals surface area contributed by atoms with E-state index in [2.05, 4.69) is 14.9 Å². The van der Waals surface area contributed by atoms with E-state index in [-0.39, 0.29) is 17.9 Å². The number of hydrogen-bond donors (Lipinski definition) is 2. The monoisotopic (exact) mass is 283 g/mol. The van der Waals surface area contributed by atoms with E-state index in [0.717, 1.165) is 49.3 Å². The maximum absolute atomic E-state index is 12.3. The Hall–Kier alpha value is -1.01. The SMILES string of the molecule is CC(C)c1nnsc1C(=O)NC1CCCCCC1O. The van der Waals surface area contributed by atoms with Crippen molar-refractivity contribution in [1.29, 1.82) is 0 Å². The third-order valence-corrected chi connectivity index (χ3v) is 4.30. The predicted molar refractivity (Wildman–Crippen MR) is 74.3 cm³/mol. The quantitative estimate of drug-likeness (QED) is 0.833. The van der Waals surface area contributed by atoms with Crippen LogP contribution in [0.4, 0.5) is 0 Å². The third-order valence-electron chi connectivity index (χ3n) is 3.56. The van der Waals surface area contributed by atoms with E-state index >= 15 is 0 Å². The van der Waals surface area contributed by atoms with Crippen LogP contribution in [0.25, 0.3) is 0 Å². The van der Waals surface area contributed by atoms with Crippen molar-refractivity contribution in [2.24, 2.45) is 0 Å². The number of aromatic nitrogens is 2. The molecule has 0 radical (unpaired) electrons. The topological polar surface area (TPSA) is 75.1 Å². The Morgan fingerprint density at radius 3 is 2.84 bits per heavy atom. The van der Waals surface area contributed by atoms with Crippen molar-refractivity contribution >= 4 is 17.4 Å². The lowest BCUT2D eigenvalue weighted by Gasteiger charge is -2.21. The summed E-state index contributed by atoms with van der Waals surface area (Å²) in [4.78, 5) is 12.8. The van der Waals surface area contributed by atoms with E-state index < -0.39 is 6.10 Å². The maximum atomic E-state index is 12.3. The fraction of sp³-hybridized carbons (Fsp3) is 0.769. The van der Waals surface area contributed by atoms with Gasteiger partial charge in [-0.1, -0.05) is 37.6 Å². The molecule has 1 aliphatic rings. The summed E-state index contributed by atoms with van der Waals surface area (Å²) < 4.78 is 3.86. The minimum absolute atomic E-state index is 0.142. The van der Waals surface area contributed by atoms with Crippen molar-refractivity contribution in [1.82, 2.24) is 14.9 Å². The second kappa shape index (κ2) is 6.43. The molecule has 0 aromatic carbocycles. The molecule has 5 nitrogen and oxygen atoms in total. The fourth-order valence-corrected chi connectivity index (χ4v) is 3.15. The second-order valence-corrected chi connectivity index (χ2v) is 6.18. The smallest absolute Gasteiger partial charge is 0.265 e. The Labute approximate surface area is 117 Å². The number of amides is 1. The molecular weight excluding hydrogens is 262 g/mol. The first-order valence-corrected chi connectivity index (χ1v) is 7.68. The van der Waals surface area contributed by atoms with E-state index in [4.69, 9.17) is 0 Å². The highest BCUT2D eigenvalue weighted by Gasteiger charge is 2.26. The Kier molecular flexibility index (Phi) is 4.87. The number of carbonyl (C=O) groups excluding carboxylic acids is 1. The lowest BCUT2D eigenvalue weighted by atomic mass is 10.1. The minimum Gasteiger partial charge on any atom is -0.391 e. The molecule has 1 heterocycles. The maximum Gasteiger partial charge on any atom is 0.265 e. The van der Waals surface area contributed by atoms with Gasteiger partial charge in [0.15, 0.2) is 0 Å². The summed E-state index contributed by atoms with van der Waals surface area (Å²) in [6.07, 6.45) is 4.39. The van der Waals surface area contributed by atoms with Gasteiger partial charge in [-0.2, -0.15) is 0 Å². The van der Waals surface area contributed by atoms with Crippen molar-refractivity contribution in [2.45, 2.75) is 64.0 Å². The van der Waals surface area contributed by atoms with Gasteiger partial charge < -0.3 is 10.4 Å². The normalized spacial score (nSPS) is 24.2. The van der Waals surface area contributed by atoms with Crippen molar-refractivity contribution in [3.05, 3.63) is 10.6 Å². The first kappa shape index (κ1) is 14.4. The Morgan fingerprint density at radius 1 is 1.37 bits per heavy atom. The Balaban J connectivity index is 2.05. The average molecular weight is 283 g/mol. The Morgan fingerprint density at radius 2 is 2.11 bits per heavy atom. The first-order valence-electron chi connectivity index (χ1n) is 6.90. The molecule has 19 heavy (non-hydrogen) atoms. The molecule has 1 aromatic rings. The lowest BCUT2D eigenvalue weighted by Crippen LogP contribution is -2.42. The standard InChI is InChI=1S/C13H21N3O2S/c1-8(2)11-12(19-16-15-11)13(18)14-9-6-4-3-5-7-10(9)17/h8-10,17H,3-7H2,1-2H3,(H,14,18). The zero-order valence-corrected chi connectivity index (χ0v) is 12.2. The molecule has 1 fully saturated rings. The van der Waals surface area contributed by atoms with Gasteiger partial charge in [0, 0.05) is 0 Å². The number of rotatable bonds is 3. The molecule has 106 valence electrons. The van der Waals surface area contributed by atoms with Crippen LogP contribution in [-0.2, 0) is 0 Å². The number of nitrogens with zero attached hydrogens (tertiary/aromatic N) is 2. The zero-order chi connectivity index (χ0) is 13.8. The van der Waals surface area contributed by atoms with E-state index in [0.29, 0.717) is 4.88 Å². The molecular formula is C13H21N3O2S. The van der Waals surface area contributed by atoms with Crippen LogP contribution in [-0.4, -0.2) is 32.7 Å². The fourth-order valence-electron chi connectivity index (χ4n) is 2.42. The molecule has 0 saturated heterocycles. The average Bonchev–Trinajstić information content (AvgIpc) is 2.78. The predicted octanol–water partition coefficient (Wildman–Crippen LogP) is 2.08. The van der Waals surface area contributed by atoms with Crippen LogP contribution in [0.15, 0.2) is 0 Å². The van der Waals surface area contributed by atoms with Gasteiger partial charge in [-0.3, -0.25) is 4.79 Å². The number of nitrogens with one attached hydrogen (secondary N) is 1. The number of hydrogen-bond acceptors (Lipinski definition) is 5. The van der Waals surface area contributed by atoms with E-state index in [1.165, 1.54) is 0 Å². The van der Waals surface area contributed by atoms with Crippen LogP contribution < -0.4 is 5.32 Å². The van der Waals surface area contributed by atoms with Gasteiger partial charge in [-0.25, -0.2) is 0 Å². The van der Waals surface area contributed by atoms with Crippen molar-refractivity contribution in [3.63, 3.8) is 0 Å². The van der Waals surface area contributed by atoms with Crippen LogP contribution in [0.2, 0.25) is 0 Å². The molecule has 2 unspecified atom stereocenters. The third kappa shape index (κ3) is 3.51. The zero-order valence-electron chi connectivity index (χ0n) is 11.4. The molecule has 1 aliphatic carbocycles. The first-order chi connectivity index (χ1) is 9.09. The van der Waals surface area contributed by atoms with Gasteiger partial charge in [0.25, 0.3) is 5.91 Å². The van der Waals surface area contributed by atoms with Gasteiger partial charge >= 0.3 is 0 Å². The Bertz CT molecular complexity index is 433. The van der Waals surface area contributed by atoms with Gasteiger partial charge in [0.05, 0.1) is 17.8 Å². The highest BCUT2D eigenvalue weighted by molar-refractivity contribution is 7.08. The number of aliphatic hydroxyl groups excluding tert-OH is 1. The summed E-state index contributed by atoms with van der Waals surface area (Å²) in [5.41, 5.74) is 0.741. The van der Waals surface area contributed by atoms with Crippen LogP contribution >= 0.6 is 11.5 Å². The van der Waals surface area contributed by atoms with Crippen LogP contribution in [0.1, 0.15) is 67.2 Å². The second-order valence-electron chi connectivity index (χ2n) is 5.43. The molecule has 1 aromatic heterocycles. The number of aliphatic hydroxyl groups is 1. The highest BCUT2D eigenvalue weighted by atomic mass is 32.1. The largest absolute Gasteiger partial charge is 0.391 e. The van der Waals surface area contributed by atoms with Crippen molar-refractivity contribution in [3.8, 4) is 0 Å². The molecule has 0 aliphatic heterocycles. The summed E-state index contributed by atoms with van der Waals surface area (Å²) in [6.45, 7) is 3.99. The van der Waals surface area contributed by atoms with Gasteiger partial charge in [-0.05, 0) is 30.3 Å². The molecule has 0 bridgehead atoms. The van der Waals surface area contributed by atoms with E-state index in [9.17, 15) is 9.90 Å². The molecule has 2 rings (SSSR count). The van der Waals surface area contributed by atoms with E-state index in [1.807, 2.05) is 13.8 Å². The summed E-state index contributed by atoms with van der Waals surface area (Å²) >= 11 is 1.13. The molecule has 6 heteroatoms.